The number of carbonyl (C=O) groups is 1. The molecule has 0 bridgehead atoms. The summed E-state index contributed by atoms with van der Waals surface area (Å²) in [6.45, 7) is 5.14. The predicted octanol–water partition coefficient (Wildman–Crippen LogP) is 6.59. The number of benzene rings is 3. The molecule has 0 saturated carbocycles. The zero-order valence-corrected chi connectivity index (χ0v) is 18.8. The van der Waals surface area contributed by atoms with Crippen LogP contribution in [0, 0.1) is 6.92 Å². The summed E-state index contributed by atoms with van der Waals surface area (Å²) in [4.78, 5) is 11.2. The molecular weight excluding hydrogens is 437 g/mol. The van der Waals surface area contributed by atoms with Crippen molar-refractivity contribution in [2.75, 3.05) is 11.9 Å². The van der Waals surface area contributed by atoms with Gasteiger partial charge in [0.05, 0.1) is 22.9 Å². The molecule has 162 valence electrons. The largest absolute Gasteiger partial charge is 0.490 e. The van der Waals surface area contributed by atoms with Gasteiger partial charge in [0.15, 0.2) is 11.5 Å². The summed E-state index contributed by atoms with van der Waals surface area (Å²) in [6.07, 6.45) is 0. The normalized spacial score (nSPS) is 10.6. The molecule has 0 unspecified atom stereocenters. The summed E-state index contributed by atoms with van der Waals surface area (Å²) < 4.78 is 11.8. The smallest absolute Gasteiger partial charge is 0.335 e. The number of hydrogen-bond acceptors (Lipinski definition) is 4. The van der Waals surface area contributed by atoms with E-state index in [2.05, 4.69) is 5.32 Å². The van der Waals surface area contributed by atoms with E-state index in [9.17, 15) is 9.90 Å². The van der Waals surface area contributed by atoms with E-state index in [1.807, 2.05) is 44.2 Å². The Morgan fingerprint density at radius 3 is 2.42 bits per heavy atom. The van der Waals surface area contributed by atoms with E-state index >= 15 is 0 Å². The van der Waals surface area contributed by atoms with Gasteiger partial charge in [-0.3, -0.25) is 0 Å². The lowest BCUT2D eigenvalue weighted by atomic mass is 10.1. The van der Waals surface area contributed by atoms with Gasteiger partial charge in [-0.2, -0.15) is 0 Å². The molecule has 0 atom stereocenters. The van der Waals surface area contributed by atoms with E-state index in [1.165, 1.54) is 12.1 Å². The summed E-state index contributed by atoms with van der Waals surface area (Å²) >= 11 is 12.7. The van der Waals surface area contributed by atoms with Crippen molar-refractivity contribution in [3.8, 4) is 11.5 Å². The third-order valence-electron chi connectivity index (χ3n) is 4.74. The number of anilines is 1. The third kappa shape index (κ3) is 5.84. The maximum absolute atomic E-state index is 11.2. The highest BCUT2D eigenvalue weighted by molar-refractivity contribution is 6.33. The van der Waals surface area contributed by atoms with Crippen LogP contribution in [0.3, 0.4) is 0 Å². The second-order valence-electron chi connectivity index (χ2n) is 6.89. The first-order valence-corrected chi connectivity index (χ1v) is 10.5. The topological polar surface area (TPSA) is 67.8 Å². The fourth-order valence-electron chi connectivity index (χ4n) is 3.01. The number of hydrogen-bond donors (Lipinski definition) is 2. The Hall–Kier alpha value is -2.89. The number of aryl methyl sites for hydroxylation is 1. The molecule has 2 N–H and O–H groups in total. The van der Waals surface area contributed by atoms with Gasteiger partial charge < -0.3 is 19.9 Å². The molecular formula is C24H23Cl2NO4. The Morgan fingerprint density at radius 1 is 0.968 bits per heavy atom. The molecule has 0 fully saturated rings. The van der Waals surface area contributed by atoms with Crippen LogP contribution < -0.4 is 14.8 Å². The number of carboxylic acids is 1. The quantitative estimate of drug-likeness (QED) is 0.377. The highest BCUT2D eigenvalue weighted by atomic mass is 35.5. The van der Waals surface area contributed by atoms with E-state index in [0.29, 0.717) is 47.0 Å². The highest BCUT2D eigenvalue weighted by Crippen LogP contribution is 2.35. The number of ether oxygens (including phenoxy) is 2. The summed E-state index contributed by atoms with van der Waals surface area (Å²) in [5, 5.41) is 13.2. The van der Waals surface area contributed by atoms with Crippen LogP contribution >= 0.6 is 23.2 Å². The number of rotatable bonds is 9. The second kappa shape index (κ2) is 10.4. The first kappa shape index (κ1) is 22.8. The molecule has 0 heterocycles. The maximum atomic E-state index is 11.2. The predicted molar refractivity (Wildman–Crippen MR) is 124 cm³/mol. The second-order valence-corrected chi connectivity index (χ2v) is 7.71. The number of halogens is 2. The van der Waals surface area contributed by atoms with Crippen LogP contribution in [0.2, 0.25) is 10.0 Å². The molecule has 0 aromatic heterocycles. The fraction of sp³-hybridized carbons (Fsp3) is 0.208. The van der Waals surface area contributed by atoms with E-state index in [0.717, 1.165) is 16.7 Å². The molecule has 0 aliphatic rings. The zero-order valence-electron chi connectivity index (χ0n) is 17.2. The van der Waals surface area contributed by atoms with Crippen LogP contribution in [0.1, 0.15) is 34.0 Å². The Bertz CT molecular complexity index is 1090. The molecule has 0 saturated heterocycles. The van der Waals surface area contributed by atoms with Gasteiger partial charge in [-0.1, -0.05) is 47.5 Å². The van der Waals surface area contributed by atoms with Crippen LogP contribution in [-0.2, 0) is 13.2 Å². The number of carboxylic acid groups (broad SMARTS) is 1. The Labute approximate surface area is 191 Å². The molecule has 0 spiro atoms. The molecule has 0 aliphatic heterocycles. The van der Waals surface area contributed by atoms with Crippen molar-refractivity contribution in [3.63, 3.8) is 0 Å². The van der Waals surface area contributed by atoms with Crippen LogP contribution in [0.15, 0.2) is 54.6 Å². The van der Waals surface area contributed by atoms with Crippen molar-refractivity contribution in [2.24, 2.45) is 0 Å². The van der Waals surface area contributed by atoms with Gasteiger partial charge in [-0.15, -0.1) is 0 Å². The summed E-state index contributed by atoms with van der Waals surface area (Å²) in [7, 11) is 0. The van der Waals surface area contributed by atoms with Crippen molar-refractivity contribution in [1.29, 1.82) is 0 Å². The first-order chi connectivity index (χ1) is 14.9. The van der Waals surface area contributed by atoms with E-state index in [-0.39, 0.29) is 5.56 Å². The monoisotopic (exact) mass is 459 g/mol. The minimum absolute atomic E-state index is 0.146. The molecule has 5 nitrogen and oxygen atoms in total. The van der Waals surface area contributed by atoms with Crippen molar-refractivity contribution >= 4 is 34.9 Å². The molecule has 3 rings (SSSR count). The summed E-state index contributed by atoms with van der Waals surface area (Å²) in [6, 6.07) is 16.1. The Morgan fingerprint density at radius 2 is 1.71 bits per heavy atom. The number of aromatic carboxylic acids is 1. The van der Waals surface area contributed by atoms with Gasteiger partial charge in [-0.05, 0) is 54.8 Å². The van der Waals surface area contributed by atoms with E-state index in [1.54, 1.807) is 12.1 Å². The Balaban J connectivity index is 1.79. The van der Waals surface area contributed by atoms with Crippen LogP contribution in [0.25, 0.3) is 0 Å². The summed E-state index contributed by atoms with van der Waals surface area (Å²) in [5.41, 5.74) is 3.65. The van der Waals surface area contributed by atoms with E-state index in [4.69, 9.17) is 32.7 Å². The molecule has 7 heteroatoms. The minimum atomic E-state index is -1.02. The van der Waals surface area contributed by atoms with Crippen LogP contribution in [0.4, 0.5) is 5.69 Å². The summed E-state index contributed by atoms with van der Waals surface area (Å²) in [5.74, 6) is 0.124. The number of nitrogens with one attached hydrogen (secondary N) is 1. The molecule has 31 heavy (non-hydrogen) atoms. The standard InChI is InChI=1S/C24H23Cl2NO4/c1-3-30-22-11-18(13-27-21-10-16(24(28)29)8-9-19(21)25)20(26)12-23(22)31-14-17-7-5-4-6-15(17)2/h4-12,27H,3,13-14H2,1-2H3,(H,28,29). The lowest BCUT2D eigenvalue weighted by Crippen LogP contribution is -2.05. The van der Waals surface area contributed by atoms with Crippen molar-refractivity contribution in [2.45, 2.75) is 27.0 Å². The SMILES string of the molecule is CCOc1cc(CNc2cc(C(=O)O)ccc2Cl)c(Cl)cc1OCc1ccccc1C. The fourth-order valence-corrected chi connectivity index (χ4v) is 3.41. The van der Waals surface area contributed by atoms with Gasteiger partial charge >= 0.3 is 5.97 Å². The lowest BCUT2D eigenvalue weighted by Gasteiger charge is -2.16. The average molecular weight is 460 g/mol. The van der Waals surface area contributed by atoms with Gasteiger partial charge in [0.2, 0.25) is 0 Å². The average Bonchev–Trinajstić information content (AvgIpc) is 2.74. The molecule has 3 aromatic rings. The molecule has 3 aromatic carbocycles. The maximum Gasteiger partial charge on any atom is 0.335 e. The van der Waals surface area contributed by atoms with Crippen molar-refractivity contribution in [3.05, 3.63) is 86.9 Å². The molecule has 0 aliphatic carbocycles. The van der Waals surface area contributed by atoms with Crippen LogP contribution in [-0.4, -0.2) is 17.7 Å². The van der Waals surface area contributed by atoms with Gasteiger partial charge in [0.25, 0.3) is 0 Å². The lowest BCUT2D eigenvalue weighted by molar-refractivity contribution is 0.0697. The zero-order chi connectivity index (χ0) is 22.4. The highest BCUT2D eigenvalue weighted by Gasteiger charge is 2.13. The van der Waals surface area contributed by atoms with Gasteiger partial charge in [-0.25, -0.2) is 4.79 Å². The third-order valence-corrected chi connectivity index (χ3v) is 5.42. The molecule has 0 radical (unpaired) electrons. The van der Waals surface area contributed by atoms with E-state index < -0.39 is 5.97 Å². The first-order valence-electron chi connectivity index (χ1n) is 9.78. The van der Waals surface area contributed by atoms with Crippen molar-refractivity contribution in [1.82, 2.24) is 0 Å². The van der Waals surface area contributed by atoms with Gasteiger partial charge in [0.1, 0.15) is 6.61 Å². The van der Waals surface area contributed by atoms with Crippen LogP contribution in [0.5, 0.6) is 11.5 Å². The molecule has 0 amide bonds. The minimum Gasteiger partial charge on any atom is -0.490 e. The van der Waals surface area contributed by atoms with Crippen molar-refractivity contribution < 1.29 is 19.4 Å². The van der Waals surface area contributed by atoms with Gasteiger partial charge in [0, 0.05) is 17.6 Å². The Kier molecular flexibility index (Phi) is 7.66.